The number of hydrogen-bond donors (Lipinski definition) is 0. The number of rotatable bonds is 2. The molecule has 0 atom stereocenters. The summed E-state index contributed by atoms with van der Waals surface area (Å²) >= 11 is 2.34. The lowest BCUT2D eigenvalue weighted by atomic mass is 9.99. The maximum atomic E-state index is 2.34. The second-order valence-corrected chi connectivity index (χ2v) is 6.94. The summed E-state index contributed by atoms with van der Waals surface area (Å²) in [4.78, 5) is 2.27. The first-order valence-corrected chi connectivity index (χ1v) is 8.72. The summed E-state index contributed by atoms with van der Waals surface area (Å²) in [5.74, 6) is 0. The zero-order valence-electron chi connectivity index (χ0n) is 12.8. The van der Waals surface area contributed by atoms with Crippen LogP contribution < -0.4 is 4.90 Å². The SMILES string of the molecule is CN(c1ccc(I)cc1)c1cc2ccccc2c2ccccc12. The molecule has 4 aromatic rings. The minimum absolute atomic E-state index is 1.20. The van der Waals surface area contributed by atoms with Crippen molar-refractivity contribution >= 4 is 55.5 Å². The standard InChI is InChI=1S/C21H16IN/c1-23(17-12-10-16(22)11-13-17)21-14-15-6-2-3-7-18(15)19-8-4-5-9-20(19)21/h2-14H,1H3. The number of nitrogens with zero attached hydrogens (tertiary/aromatic N) is 1. The molecule has 0 unspecified atom stereocenters. The highest BCUT2D eigenvalue weighted by molar-refractivity contribution is 14.1. The quantitative estimate of drug-likeness (QED) is 0.275. The van der Waals surface area contributed by atoms with Gasteiger partial charge in [-0.2, -0.15) is 0 Å². The Kier molecular flexibility index (Phi) is 3.69. The van der Waals surface area contributed by atoms with Gasteiger partial charge >= 0.3 is 0 Å². The third-order valence-corrected chi connectivity index (χ3v) is 5.04. The second-order valence-electron chi connectivity index (χ2n) is 5.70. The molecule has 0 saturated heterocycles. The van der Waals surface area contributed by atoms with Crippen LogP contribution in [0.3, 0.4) is 0 Å². The van der Waals surface area contributed by atoms with Gasteiger partial charge in [-0.1, -0.05) is 48.5 Å². The van der Waals surface area contributed by atoms with Gasteiger partial charge in [0.15, 0.2) is 0 Å². The fourth-order valence-electron chi connectivity index (χ4n) is 3.12. The van der Waals surface area contributed by atoms with E-state index in [0.29, 0.717) is 0 Å². The summed E-state index contributed by atoms with van der Waals surface area (Å²) in [6, 6.07) is 28.2. The van der Waals surface area contributed by atoms with Crippen molar-refractivity contribution in [1.29, 1.82) is 0 Å². The molecular formula is C21H16IN. The van der Waals surface area contributed by atoms with Gasteiger partial charge in [0, 0.05) is 27.4 Å². The molecule has 0 spiro atoms. The average molecular weight is 409 g/mol. The van der Waals surface area contributed by atoms with Crippen molar-refractivity contribution in [3.8, 4) is 0 Å². The maximum Gasteiger partial charge on any atom is 0.0494 e. The molecule has 0 aromatic heterocycles. The van der Waals surface area contributed by atoms with Crippen molar-refractivity contribution in [1.82, 2.24) is 0 Å². The van der Waals surface area contributed by atoms with Crippen LogP contribution in [0.4, 0.5) is 11.4 Å². The van der Waals surface area contributed by atoms with E-state index < -0.39 is 0 Å². The van der Waals surface area contributed by atoms with E-state index in [-0.39, 0.29) is 0 Å². The molecule has 4 aromatic carbocycles. The monoisotopic (exact) mass is 409 g/mol. The molecule has 0 N–H and O–H groups in total. The van der Waals surface area contributed by atoms with E-state index in [1.54, 1.807) is 0 Å². The number of fused-ring (bicyclic) bond motifs is 3. The molecule has 1 nitrogen and oxygen atoms in total. The first-order valence-electron chi connectivity index (χ1n) is 7.64. The minimum Gasteiger partial charge on any atom is -0.344 e. The van der Waals surface area contributed by atoms with Gasteiger partial charge in [-0.15, -0.1) is 0 Å². The molecular weight excluding hydrogens is 393 g/mol. The first-order chi connectivity index (χ1) is 11.2. The minimum atomic E-state index is 1.20. The topological polar surface area (TPSA) is 3.24 Å². The van der Waals surface area contributed by atoms with Crippen molar-refractivity contribution in [2.45, 2.75) is 0 Å². The number of anilines is 2. The van der Waals surface area contributed by atoms with Crippen molar-refractivity contribution in [3.63, 3.8) is 0 Å². The van der Waals surface area contributed by atoms with Gasteiger partial charge in [0.1, 0.15) is 0 Å². The fraction of sp³-hybridized carbons (Fsp3) is 0.0476. The first kappa shape index (κ1) is 14.5. The molecule has 0 amide bonds. The lowest BCUT2D eigenvalue weighted by Crippen LogP contribution is -2.09. The van der Waals surface area contributed by atoms with E-state index in [1.807, 2.05) is 0 Å². The predicted molar refractivity (Wildman–Crippen MR) is 109 cm³/mol. The Labute approximate surface area is 149 Å². The summed E-state index contributed by atoms with van der Waals surface area (Å²) < 4.78 is 1.25. The molecule has 0 bridgehead atoms. The van der Waals surface area contributed by atoms with Crippen molar-refractivity contribution in [3.05, 3.63) is 82.4 Å². The van der Waals surface area contributed by atoms with E-state index in [0.717, 1.165) is 0 Å². The Morgan fingerprint density at radius 2 is 1.30 bits per heavy atom. The molecule has 23 heavy (non-hydrogen) atoms. The summed E-state index contributed by atoms with van der Waals surface area (Å²) in [6.45, 7) is 0. The van der Waals surface area contributed by atoms with E-state index in [1.165, 1.54) is 36.5 Å². The smallest absolute Gasteiger partial charge is 0.0494 e. The molecule has 0 heterocycles. The Bertz CT molecular complexity index is 989. The predicted octanol–water partition coefficient (Wildman–Crippen LogP) is 6.37. The second kappa shape index (κ2) is 5.85. The van der Waals surface area contributed by atoms with Crippen molar-refractivity contribution in [2.75, 3.05) is 11.9 Å². The van der Waals surface area contributed by atoms with E-state index in [4.69, 9.17) is 0 Å². The highest BCUT2D eigenvalue weighted by Crippen LogP contribution is 2.36. The van der Waals surface area contributed by atoms with Crippen LogP contribution in [0, 0.1) is 3.57 Å². The number of halogens is 1. The lowest BCUT2D eigenvalue weighted by Gasteiger charge is -2.22. The van der Waals surface area contributed by atoms with E-state index >= 15 is 0 Å². The fourth-order valence-corrected chi connectivity index (χ4v) is 3.48. The number of benzene rings is 4. The molecule has 4 rings (SSSR count). The highest BCUT2D eigenvalue weighted by Gasteiger charge is 2.11. The van der Waals surface area contributed by atoms with Crippen LogP contribution in [0.1, 0.15) is 0 Å². The Balaban J connectivity index is 1.99. The summed E-state index contributed by atoms with van der Waals surface area (Å²) in [5, 5.41) is 5.17. The van der Waals surface area contributed by atoms with Crippen molar-refractivity contribution < 1.29 is 0 Å². The molecule has 112 valence electrons. The normalized spacial score (nSPS) is 11.0. The van der Waals surface area contributed by atoms with Crippen LogP contribution in [-0.4, -0.2) is 7.05 Å². The van der Waals surface area contributed by atoms with Crippen molar-refractivity contribution in [2.24, 2.45) is 0 Å². The zero-order valence-corrected chi connectivity index (χ0v) is 15.0. The lowest BCUT2D eigenvalue weighted by molar-refractivity contribution is 1.22. The summed E-state index contributed by atoms with van der Waals surface area (Å²) in [5.41, 5.74) is 2.44. The van der Waals surface area contributed by atoms with Gasteiger partial charge in [-0.05, 0) is 69.1 Å². The maximum absolute atomic E-state index is 2.34. The molecule has 2 heteroatoms. The Morgan fingerprint density at radius 1 is 0.696 bits per heavy atom. The van der Waals surface area contributed by atoms with Gasteiger partial charge < -0.3 is 4.90 Å². The Hall–Kier alpha value is -2.07. The molecule has 0 aliphatic heterocycles. The van der Waals surface area contributed by atoms with Gasteiger partial charge in [-0.25, -0.2) is 0 Å². The molecule has 0 saturated carbocycles. The van der Waals surface area contributed by atoms with Crippen LogP contribution in [0.25, 0.3) is 21.5 Å². The highest BCUT2D eigenvalue weighted by atomic mass is 127. The third kappa shape index (κ3) is 2.57. The van der Waals surface area contributed by atoms with Crippen LogP contribution in [0.15, 0.2) is 78.9 Å². The average Bonchev–Trinajstić information content (AvgIpc) is 2.61. The van der Waals surface area contributed by atoms with E-state index in [9.17, 15) is 0 Å². The van der Waals surface area contributed by atoms with Gasteiger partial charge in [0.25, 0.3) is 0 Å². The van der Waals surface area contributed by atoms with Gasteiger partial charge in [0.05, 0.1) is 0 Å². The summed E-state index contributed by atoms with van der Waals surface area (Å²) in [6.07, 6.45) is 0. The van der Waals surface area contributed by atoms with Gasteiger partial charge in [0.2, 0.25) is 0 Å². The molecule has 0 radical (unpaired) electrons. The Morgan fingerprint density at radius 3 is 2.04 bits per heavy atom. The largest absolute Gasteiger partial charge is 0.344 e. The molecule has 0 fully saturated rings. The summed E-state index contributed by atoms with van der Waals surface area (Å²) in [7, 11) is 2.14. The molecule has 0 aliphatic rings. The van der Waals surface area contributed by atoms with Crippen LogP contribution >= 0.6 is 22.6 Å². The van der Waals surface area contributed by atoms with Crippen LogP contribution in [0.2, 0.25) is 0 Å². The third-order valence-electron chi connectivity index (χ3n) is 4.32. The van der Waals surface area contributed by atoms with Crippen LogP contribution in [0.5, 0.6) is 0 Å². The van der Waals surface area contributed by atoms with E-state index in [2.05, 4.69) is 113 Å². The van der Waals surface area contributed by atoms with Gasteiger partial charge in [-0.3, -0.25) is 0 Å². The van der Waals surface area contributed by atoms with Crippen LogP contribution in [-0.2, 0) is 0 Å². The number of hydrogen-bond acceptors (Lipinski definition) is 1. The zero-order chi connectivity index (χ0) is 15.8. The molecule has 0 aliphatic carbocycles.